The molecule has 5 heteroatoms. The maximum Gasteiger partial charge on any atom is 0.270 e. The number of carbonyl (C=O) groups is 1. The number of nitrogens with one attached hydrogen (secondary N) is 1. The lowest BCUT2D eigenvalue weighted by atomic mass is 10.1. The van der Waals surface area contributed by atoms with Gasteiger partial charge in [-0.25, -0.2) is 4.68 Å². The van der Waals surface area contributed by atoms with Gasteiger partial charge in [0.15, 0.2) is 0 Å². The van der Waals surface area contributed by atoms with Crippen molar-refractivity contribution in [2.75, 3.05) is 0 Å². The molecule has 2 aromatic carbocycles. The summed E-state index contributed by atoms with van der Waals surface area (Å²) < 4.78 is 1.68. The van der Waals surface area contributed by atoms with Crippen LogP contribution in [0.4, 0.5) is 0 Å². The zero-order valence-corrected chi connectivity index (χ0v) is 13.7. The molecule has 1 amide bonds. The minimum atomic E-state index is -0.0952. The van der Waals surface area contributed by atoms with Gasteiger partial charge in [0, 0.05) is 16.6 Å². The van der Waals surface area contributed by atoms with Crippen LogP contribution in [0.3, 0.4) is 0 Å². The summed E-state index contributed by atoms with van der Waals surface area (Å²) >= 11 is 5.97. The van der Waals surface area contributed by atoms with Gasteiger partial charge >= 0.3 is 0 Å². The van der Waals surface area contributed by atoms with E-state index in [0.717, 1.165) is 29.8 Å². The molecule has 1 N–H and O–H groups in total. The summed E-state index contributed by atoms with van der Waals surface area (Å²) in [5.41, 5.74) is 3.09. The van der Waals surface area contributed by atoms with Gasteiger partial charge < -0.3 is 5.32 Å². The van der Waals surface area contributed by atoms with Crippen LogP contribution in [0.1, 0.15) is 23.3 Å². The molecule has 24 heavy (non-hydrogen) atoms. The van der Waals surface area contributed by atoms with Gasteiger partial charge in [-0.15, -0.1) is 0 Å². The largest absolute Gasteiger partial charge is 0.348 e. The number of hydrogen-bond acceptors (Lipinski definition) is 2. The Morgan fingerprint density at radius 3 is 2.46 bits per heavy atom. The molecule has 1 saturated carbocycles. The second kappa shape index (κ2) is 6.13. The van der Waals surface area contributed by atoms with E-state index in [4.69, 9.17) is 11.6 Å². The van der Waals surface area contributed by atoms with Crippen LogP contribution in [0.2, 0.25) is 5.02 Å². The second-order valence-electron chi connectivity index (χ2n) is 5.92. The minimum absolute atomic E-state index is 0.0952. The first-order chi connectivity index (χ1) is 11.7. The van der Waals surface area contributed by atoms with Crippen molar-refractivity contribution in [1.29, 1.82) is 0 Å². The van der Waals surface area contributed by atoms with Crippen molar-refractivity contribution in [3.05, 3.63) is 71.4 Å². The number of hydrogen-bond donors (Lipinski definition) is 1. The molecule has 4 nitrogen and oxygen atoms in total. The Labute approximate surface area is 145 Å². The lowest BCUT2D eigenvalue weighted by Gasteiger charge is -2.07. The summed E-state index contributed by atoms with van der Waals surface area (Å²) in [7, 11) is 0. The Balaban J connectivity index is 1.78. The molecule has 0 radical (unpaired) electrons. The quantitative estimate of drug-likeness (QED) is 0.779. The molecule has 3 aromatic rings. The maximum atomic E-state index is 12.6. The summed E-state index contributed by atoms with van der Waals surface area (Å²) in [5, 5.41) is 8.32. The van der Waals surface area contributed by atoms with Crippen LogP contribution in [0.15, 0.2) is 60.7 Å². The molecule has 0 atom stereocenters. The van der Waals surface area contributed by atoms with Gasteiger partial charge in [-0.1, -0.05) is 41.9 Å². The van der Waals surface area contributed by atoms with Crippen molar-refractivity contribution >= 4 is 17.5 Å². The average molecular weight is 338 g/mol. The molecule has 0 saturated heterocycles. The van der Waals surface area contributed by atoms with Gasteiger partial charge in [-0.3, -0.25) is 4.79 Å². The smallest absolute Gasteiger partial charge is 0.270 e. The van der Waals surface area contributed by atoms with Crippen molar-refractivity contribution in [2.24, 2.45) is 0 Å². The highest BCUT2D eigenvalue weighted by Gasteiger charge is 2.26. The molecular weight excluding hydrogens is 322 g/mol. The third-order valence-electron chi connectivity index (χ3n) is 4.00. The van der Waals surface area contributed by atoms with E-state index in [1.54, 1.807) is 16.8 Å². The standard InChI is InChI=1S/C19H16ClN3O/c20-14-6-10-16(11-7-14)23-18(19(24)21-15-8-9-15)12-17(22-23)13-4-2-1-3-5-13/h1-7,10-12,15H,8-9H2,(H,21,24). The van der Waals surface area contributed by atoms with Crippen molar-refractivity contribution in [3.63, 3.8) is 0 Å². The fraction of sp³-hybridized carbons (Fsp3) is 0.158. The number of benzene rings is 2. The third-order valence-corrected chi connectivity index (χ3v) is 4.25. The normalized spacial score (nSPS) is 13.7. The van der Waals surface area contributed by atoms with Crippen LogP contribution in [-0.4, -0.2) is 21.7 Å². The van der Waals surface area contributed by atoms with E-state index in [0.29, 0.717) is 16.8 Å². The monoisotopic (exact) mass is 337 g/mol. The predicted molar refractivity (Wildman–Crippen MR) is 94.5 cm³/mol. The minimum Gasteiger partial charge on any atom is -0.348 e. The zero-order chi connectivity index (χ0) is 16.5. The van der Waals surface area contributed by atoms with Crippen molar-refractivity contribution in [2.45, 2.75) is 18.9 Å². The summed E-state index contributed by atoms with van der Waals surface area (Å²) in [6, 6.07) is 19.3. The van der Waals surface area contributed by atoms with Crippen LogP contribution < -0.4 is 5.32 Å². The van der Waals surface area contributed by atoms with E-state index in [-0.39, 0.29) is 5.91 Å². The Morgan fingerprint density at radius 1 is 1.08 bits per heavy atom. The van der Waals surface area contributed by atoms with Gasteiger partial charge in [0.05, 0.1) is 11.4 Å². The van der Waals surface area contributed by atoms with Crippen LogP contribution >= 0.6 is 11.6 Å². The van der Waals surface area contributed by atoms with E-state index < -0.39 is 0 Å². The molecule has 1 heterocycles. The van der Waals surface area contributed by atoms with Crippen LogP contribution in [0.25, 0.3) is 16.9 Å². The SMILES string of the molecule is O=C(NC1CC1)c1cc(-c2ccccc2)nn1-c1ccc(Cl)cc1. The van der Waals surface area contributed by atoms with Gasteiger partial charge in [0.1, 0.15) is 5.69 Å². The van der Waals surface area contributed by atoms with E-state index in [1.807, 2.05) is 48.5 Å². The number of halogens is 1. The Hall–Kier alpha value is -2.59. The molecule has 120 valence electrons. The first-order valence-electron chi connectivity index (χ1n) is 7.93. The van der Waals surface area contributed by atoms with Crippen molar-refractivity contribution in [3.8, 4) is 16.9 Å². The Bertz CT molecular complexity index is 867. The highest BCUT2D eigenvalue weighted by atomic mass is 35.5. The predicted octanol–water partition coefficient (Wildman–Crippen LogP) is 4.08. The lowest BCUT2D eigenvalue weighted by Crippen LogP contribution is -2.27. The van der Waals surface area contributed by atoms with Crippen LogP contribution in [0.5, 0.6) is 0 Å². The number of aromatic nitrogens is 2. The average Bonchev–Trinajstić information content (AvgIpc) is 3.31. The maximum absolute atomic E-state index is 12.6. The number of amides is 1. The fourth-order valence-corrected chi connectivity index (χ4v) is 2.68. The molecule has 0 bridgehead atoms. The lowest BCUT2D eigenvalue weighted by molar-refractivity contribution is 0.0943. The molecule has 1 fully saturated rings. The third kappa shape index (κ3) is 3.05. The van der Waals surface area contributed by atoms with E-state index >= 15 is 0 Å². The summed E-state index contributed by atoms with van der Waals surface area (Å²) in [6.07, 6.45) is 2.10. The molecule has 0 aliphatic heterocycles. The summed E-state index contributed by atoms with van der Waals surface area (Å²) in [5.74, 6) is -0.0952. The van der Waals surface area contributed by atoms with Gasteiger partial charge in [0.25, 0.3) is 5.91 Å². The van der Waals surface area contributed by atoms with Crippen LogP contribution in [-0.2, 0) is 0 Å². The van der Waals surface area contributed by atoms with E-state index in [2.05, 4.69) is 10.4 Å². The summed E-state index contributed by atoms with van der Waals surface area (Å²) in [6.45, 7) is 0. The van der Waals surface area contributed by atoms with Crippen LogP contribution in [0, 0.1) is 0 Å². The zero-order valence-electron chi connectivity index (χ0n) is 12.9. The Morgan fingerprint density at radius 2 is 1.79 bits per heavy atom. The highest BCUT2D eigenvalue weighted by molar-refractivity contribution is 6.30. The number of nitrogens with zero attached hydrogens (tertiary/aromatic N) is 2. The molecule has 1 aromatic heterocycles. The first-order valence-corrected chi connectivity index (χ1v) is 8.31. The topological polar surface area (TPSA) is 46.9 Å². The molecule has 4 rings (SSSR count). The molecular formula is C19H16ClN3O. The molecule has 0 spiro atoms. The summed E-state index contributed by atoms with van der Waals surface area (Å²) in [4.78, 5) is 12.6. The first kappa shape index (κ1) is 15.0. The number of rotatable bonds is 4. The Kier molecular flexibility index (Phi) is 3.82. The van der Waals surface area contributed by atoms with E-state index in [1.165, 1.54) is 0 Å². The van der Waals surface area contributed by atoms with Gasteiger partial charge in [-0.2, -0.15) is 5.10 Å². The fourth-order valence-electron chi connectivity index (χ4n) is 2.56. The van der Waals surface area contributed by atoms with Crippen molar-refractivity contribution < 1.29 is 4.79 Å². The van der Waals surface area contributed by atoms with Crippen molar-refractivity contribution in [1.82, 2.24) is 15.1 Å². The number of carbonyl (C=O) groups excluding carboxylic acids is 1. The molecule has 1 aliphatic carbocycles. The van der Waals surface area contributed by atoms with Gasteiger partial charge in [0.2, 0.25) is 0 Å². The molecule has 0 unspecified atom stereocenters. The molecule has 1 aliphatic rings. The van der Waals surface area contributed by atoms with E-state index in [9.17, 15) is 4.79 Å². The van der Waals surface area contributed by atoms with Gasteiger partial charge in [-0.05, 0) is 43.2 Å². The highest BCUT2D eigenvalue weighted by Crippen LogP contribution is 2.24. The second-order valence-corrected chi connectivity index (χ2v) is 6.35.